The van der Waals surface area contributed by atoms with E-state index in [1.54, 1.807) is 24.3 Å². The van der Waals surface area contributed by atoms with Crippen molar-refractivity contribution in [3.05, 3.63) is 69.8 Å². The fraction of sp³-hybridized carbons (Fsp3) is 0.222. The summed E-state index contributed by atoms with van der Waals surface area (Å²) in [7, 11) is 0. The molecule has 2 N–H and O–H groups in total. The summed E-state index contributed by atoms with van der Waals surface area (Å²) in [6, 6.07) is 12.0. The molecule has 8 heteroatoms. The number of carbonyl (C=O) groups excluding carboxylic acids is 2. The first-order valence-corrected chi connectivity index (χ1v) is 8.10. The Morgan fingerprint density at radius 2 is 1.81 bits per heavy atom. The number of hydrazine groups is 1. The Bertz CT molecular complexity index is 807. The molecule has 0 aromatic heterocycles. The van der Waals surface area contributed by atoms with Gasteiger partial charge in [-0.15, -0.1) is 0 Å². The fourth-order valence-corrected chi connectivity index (χ4v) is 2.14. The van der Waals surface area contributed by atoms with Gasteiger partial charge in [0.25, 0.3) is 17.5 Å². The van der Waals surface area contributed by atoms with Gasteiger partial charge in [-0.3, -0.25) is 30.6 Å². The maximum Gasteiger partial charge on any atom is 0.282 e. The van der Waals surface area contributed by atoms with Crippen LogP contribution in [0.1, 0.15) is 40.5 Å². The molecule has 2 aromatic rings. The molecule has 2 rings (SSSR count). The van der Waals surface area contributed by atoms with E-state index in [1.807, 2.05) is 6.92 Å². The second-order valence-electron chi connectivity index (χ2n) is 5.41. The number of carbonyl (C=O) groups is 2. The molecule has 0 bridgehead atoms. The number of nitrogens with one attached hydrogen (secondary N) is 2. The van der Waals surface area contributed by atoms with Crippen LogP contribution in [0.15, 0.2) is 48.5 Å². The van der Waals surface area contributed by atoms with Gasteiger partial charge >= 0.3 is 0 Å². The highest BCUT2D eigenvalue weighted by atomic mass is 16.6. The second kappa shape index (κ2) is 9.16. The van der Waals surface area contributed by atoms with Crippen molar-refractivity contribution in [2.45, 2.75) is 19.8 Å². The van der Waals surface area contributed by atoms with Crippen LogP contribution in [0.2, 0.25) is 0 Å². The van der Waals surface area contributed by atoms with Crippen molar-refractivity contribution < 1.29 is 19.2 Å². The lowest BCUT2D eigenvalue weighted by molar-refractivity contribution is -0.385. The first kappa shape index (κ1) is 18.9. The van der Waals surface area contributed by atoms with Gasteiger partial charge in [0.15, 0.2) is 0 Å². The highest BCUT2D eigenvalue weighted by molar-refractivity contribution is 6.01. The topological polar surface area (TPSA) is 111 Å². The minimum atomic E-state index is -0.777. The van der Waals surface area contributed by atoms with Gasteiger partial charge in [-0.25, -0.2) is 0 Å². The second-order valence-corrected chi connectivity index (χ2v) is 5.41. The standard InChI is InChI=1S/C18H19N3O5/c1-2-3-11-26-14-8-6-7-13(12-14)17(22)19-20-18(23)15-9-4-5-10-16(15)21(24)25/h4-10,12H,2-3,11H2,1H3,(H,19,22)(H,20,23). The lowest BCUT2D eigenvalue weighted by Crippen LogP contribution is -2.41. The third-order valence-electron chi connectivity index (χ3n) is 3.50. The molecule has 136 valence electrons. The first-order chi connectivity index (χ1) is 12.5. The molecular weight excluding hydrogens is 338 g/mol. The van der Waals surface area contributed by atoms with E-state index in [2.05, 4.69) is 10.9 Å². The van der Waals surface area contributed by atoms with Crippen molar-refractivity contribution >= 4 is 17.5 Å². The number of hydrogen-bond donors (Lipinski definition) is 2. The minimum Gasteiger partial charge on any atom is -0.494 e. The van der Waals surface area contributed by atoms with Gasteiger partial charge in [-0.1, -0.05) is 31.5 Å². The van der Waals surface area contributed by atoms with Crippen LogP contribution in [0.3, 0.4) is 0 Å². The van der Waals surface area contributed by atoms with Crippen molar-refractivity contribution in [1.29, 1.82) is 0 Å². The summed E-state index contributed by atoms with van der Waals surface area (Å²) in [5.74, 6) is -0.782. The molecule has 26 heavy (non-hydrogen) atoms. The van der Waals surface area contributed by atoms with Crippen molar-refractivity contribution in [3.8, 4) is 5.75 Å². The summed E-state index contributed by atoms with van der Waals surface area (Å²) in [4.78, 5) is 34.6. The lowest BCUT2D eigenvalue weighted by Gasteiger charge is -2.09. The van der Waals surface area contributed by atoms with Crippen molar-refractivity contribution in [1.82, 2.24) is 10.9 Å². The van der Waals surface area contributed by atoms with E-state index in [1.165, 1.54) is 24.3 Å². The molecule has 0 saturated heterocycles. The number of amides is 2. The van der Waals surface area contributed by atoms with Crippen LogP contribution in [0.4, 0.5) is 5.69 Å². The molecule has 2 amide bonds. The predicted molar refractivity (Wildman–Crippen MR) is 94.9 cm³/mol. The Morgan fingerprint density at radius 1 is 1.08 bits per heavy atom. The number of nitrogens with zero attached hydrogens (tertiary/aromatic N) is 1. The molecule has 0 radical (unpaired) electrons. The largest absolute Gasteiger partial charge is 0.494 e. The lowest BCUT2D eigenvalue weighted by atomic mass is 10.2. The molecule has 0 aliphatic rings. The maximum absolute atomic E-state index is 12.2. The van der Waals surface area contributed by atoms with E-state index >= 15 is 0 Å². The average Bonchev–Trinajstić information content (AvgIpc) is 2.66. The predicted octanol–water partition coefficient (Wildman–Crippen LogP) is 2.85. The van der Waals surface area contributed by atoms with E-state index in [9.17, 15) is 19.7 Å². The van der Waals surface area contributed by atoms with E-state index < -0.39 is 16.7 Å². The Morgan fingerprint density at radius 3 is 2.54 bits per heavy atom. The molecule has 2 aromatic carbocycles. The molecular formula is C18H19N3O5. The Hall–Kier alpha value is -3.42. The van der Waals surface area contributed by atoms with Crippen LogP contribution in [-0.2, 0) is 0 Å². The number of para-hydroxylation sites is 1. The van der Waals surface area contributed by atoms with E-state index in [4.69, 9.17) is 4.74 Å². The van der Waals surface area contributed by atoms with Crippen LogP contribution >= 0.6 is 0 Å². The molecule has 0 saturated carbocycles. The number of rotatable bonds is 7. The molecule has 0 heterocycles. The SMILES string of the molecule is CCCCOc1cccc(C(=O)NNC(=O)c2ccccc2[N+](=O)[O-])c1. The van der Waals surface area contributed by atoms with E-state index in [0.29, 0.717) is 17.9 Å². The van der Waals surface area contributed by atoms with Crippen LogP contribution in [0.25, 0.3) is 0 Å². The molecule has 8 nitrogen and oxygen atoms in total. The van der Waals surface area contributed by atoms with Gasteiger partial charge in [0.05, 0.1) is 11.5 Å². The number of hydrogen-bond acceptors (Lipinski definition) is 5. The Kier molecular flexibility index (Phi) is 6.67. The number of nitro groups is 1. The third-order valence-corrected chi connectivity index (χ3v) is 3.50. The average molecular weight is 357 g/mol. The molecule has 0 aliphatic carbocycles. The third kappa shape index (κ3) is 5.04. The van der Waals surface area contributed by atoms with Gasteiger partial charge in [-0.2, -0.15) is 0 Å². The number of ether oxygens (including phenoxy) is 1. The molecule has 0 aliphatic heterocycles. The van der Waals surface area contributed by atoms with Crippen LogP contribution < -0.4 is 15.6 Å². The molecule has 0 unspecified atom stereocenters. The summed E-state index contributed by atoms with van der Waals surface area (Å²) in [5, 5.41) is 11.0. The van der Waals surface area contributed by atoms with Gasteiger partial charge < -0.3 is 4.74 Å². The minimum absolute atomic E-state index is 0.144. The zero-order valence-electron chi connectivity index (χ0n) is 14.2. The van der Waals surface area contributed by atoms with Crippen molar-refractivity contribution in [2.24, 2.45) is 0 Å². The monoisotopic (exact) mass is 357 g/mol. The number of nitro benzene ring substituents is 1. The van der Waals surface area contributed by atoms with Gasteiger partial charge in [0.1, 0.15) is 11.3 Å². The summed E-state index contributed by atoms with van der Waals surface area (Å²) >= 11 is 0. The maximum atomic E-state index is 12.2. The van der Waals surface area contributed by atoms with E-state index in [0.717, 1.165) is 12.8 Å². The quantitative estimate of drug-likeness (QED) is 0.450. The van der Waals surface area contributed by atoms with Crippen molar-refractivity contribution in [2.75, 3.05) is 6.61 Å². The van der Waals surface area contributed by atoms with Gasteiger partial charge in [-0.05, 0) is 30.7 Å². The first-order valence-electron chi connectivity index (χ1n) is 8.10. The summed E-state index contributed by atoms with van der Waals surface area (Å²) in [5.41, 5.74) is 4.23. The van der Waals surface area contributed by atoms with Crippen LogP contribution in [0.5, 0.6) is 5.75 Å². The van der Waals surface area contributed by atoms with E-state index in [-0.39, 0.29) is 11.3 Å². The summed E-state index contributed by atoms with van der Waals surface area (Å²) < 4.78 is 5.53. The summed E-state index contributed by atoms with van der Waals surface area (Å²) in [6.45, 7) is 2.60. The highest BCUT2D eigenvalue weighted by Crippen LogP contribution is 2.17. The van der Waals surface area contributed by atoms with Gasteiger partial charge in [0, 0.05) is 11.6 Å². The number of unbranched alkanes of at least 4 members (excludes halogenated alkanes) is 1. The molecule has 0 fully saturated rings. The zero-order valence-corrected chi connectivity index (χ0v) is 14.2. The van der Waals surface area contributed by atoms with Crippen LogP contribution in [-0.4, -0.2) is 23.3 Å². The van der Waals surface area contributed by atoms with Gasteiger partial charge in [0.2, 0.25) is 0 Å². The van der Waals surface area contributed by atoms with Crippen LogP contribution in [0, 0.1) is 10.1 Å². The van der Waals surface area contributed by atoms with Crippen molar-refractivity contribution in [3.63, 3.8) is 0 Å². The Labute approximate surface area is 150 Å². The highest BCUT2D eigenvalue weighted by Gasteiger charge is 2.19. The normalized spacial score (nSPS) is 10.0. The zero-order chi connectivity index (χ0) is 18.9. The summed E-state index contributed by atoms with van der Waals surface area (Å²) in [6.07, 6.45) is 1.90. The molecule has 0 spiro atoms. The smallest absolute Gasteiger partial charge is 0.282 e. The molecule has 0 atom stereocenters. The fourth-order valence-electron chi connectivity index (χ4n) is 2.14. The Balaban J connectivity index is 1.99. The number of benzene rings is 2.